The lowest BCUT2D eigenvalue weighted by atomic mass is 10.2. The van der Waals surface area contributed by atoms with Gasteiger partial charge in [-0.1, -0.05) is 18.2 Å². The number of imidazole rings is 1. The Balaban J connectivity index is 1.42. The molecule has 0 saturated heterocycles. The Hall–Kier alpha value is -3.81. The van der Waals surface area contributed by atoms with Gasteiger partial charge < -0.3 is 13.6 Å². The number of ether oxygens (including phenoxy) is 1. The van der Waals surface area contributed by atoms with E-state index in [1.54, 1.807) is 16.8 Å². The first kappa shape index (κ1) is 15.4. The van der Waals surface area contributed by atoms with Crippen LogP contribution in [-0.4, -0.2) is 26.2 Å². The quantitative estimate of drug-likeness (QED) is 0.516. The summed E-state index contributed by atoms with van der Waals surface area (Å²) < 4.78 is 18.0. The molecule has 0 radical (unpaired) electrons. The van der Waals surface area contributed by atoms with Crippen LogP contribution in [0, 0.1) is 0 Å². The Bertz CT molecular complexity index is 1260. The number of benzene rings is 1. The normalized spacial score (nSPS) is 11.4. The minimum absolute atomic E-state index is 0.350. The van der Waals surface area contributed by atoms with E-state index in [-0.39, 0.29) is 0 Å². The average molecular weight is 362 g/mol. The van der Waals surface area contributed by atoms with Gasteiger partial charge in [0.2, 0.25) is 5.88 Å². The number of hydrogen-bond acceptors (Lipinski definition) is 6. The van der Waals surface area contributed by atoms with Crippen molar-refractivity contribution >= 4 is 16.6 Å². The van der Waals surface area contributed by atoms with Gasteiger partial charge in [0.05, 0.1) is 18.5 Å². The van der Waals surface area contributed by atoms with Crippen LogP contribution in [0.1, 0.15) is 5.69 Å². The molecule has 27 heavy (non-hydrogen) atoms. The number of nitrogens with one attached hydrogen (secondary N) is 1. The summed E-state index contributed by atoms with van der Waals surface area (Å²) in [5, 5.41) is 5.51. The molecule has 0 unspecified atom stereocenters. The van der Waals surface area contributed by atoms with Crippen LogP contribution in [0.25, 0.3) is 28.1 Å². The van der Waals surface area contributed by atoms with E-state index in [2.05, 4.69) is 15.1 Å². The lowest BCUT2D eigenvalue weighted by molar-refractivity contribution is 0.303. The minimum Gasteiger partial charge on any atom is -0.476 e. The van der Waals surface area contributed by atoms with Gasteiger partial charge in [-0.3, -0.25) is 4.98 Å². The van der Waals surface area contributed by atoms with Gasteiger partial charge in [-0.15, -0.1) is 5.10 Å². The van der Waals surface area contributed by atoms with Gasteiger partial charge in [-0.25, -0.2) is 14.3 Å². The maximum absolute atomic E-state index is 11.0. The molecule has 4 heterocycles. The van der Waals surface area contributed by atoms with Crippen molar-refractivity contribution in [2.45, 2.75) is 6.42 Å². The van der Waals surface area contributed by atoms with Crippen LogP contribution in [0.5, 0.6) is 5.88 Å². The van der Waals surface area contributed by atoms with Gasteiger partial charge in [0.25, 0.3) is 0 Å². The zero-order valence-corrected chi connectivity index (χ0v) is 14.1. The number of aromatic nitrogens is 4. The molecule has 8 nitrogen and oxygen atoms in total. The number of nitrogens with zero attached hydrogens (tertiary/aromatic N) is 3. The molecule has 0 spiro atoms. The Morgan fingerprint density at radius 1 is 1.19 bits per heavy atom. The van der Waals surface area contributed by atoms with E-state index in [4.69, 9.17) is 13.6 Å². The van der Waals surface area contributed by atoms with Gasteiger partial charge in [0.1, 0.15) is 17.5 Å². The van der Waals surface area contributed by atoms with Crippen molar-refractivity contribution in [2.75, 3.05) is 6.61 Å². The lowest BCUT2D eigenvalue weighted by Crippen LogP contribution is -2.06. The van der Waals surface area contributed by atoms with Gasteiger partial charge >= 0.3 is 5.76 Å². The summed E-state index contributed by atoms with van der Waals surface area (Å²) in [5.74, 6) is 0.659. The number of fused-ring (bicyclic) bond motifs is 2. The summed E-state index contributed by atoms with van der Waals surface area (Å²) in [6, 6.07) is 13.4. The second kappa shape index (κ2) is 6.17. The fraction of sp³-hybridized carbons (Fsp3) is 0.105. The van der Waals surface area contributed by atoms with Crippen molar-refractivity contribution in [3.05, 3.63) is 71.2 Å². The Kier molecular flexibility index (Phi) is 3.53. The third-order valence-electron chi connectivity index (χ3n) is 4.21. The number of oxazole rings is 1. The molecule has 0 aliphatic carbocycles. The molecule has 5 rings (SSSR count). The molecule has 0 aliphatic rings. The summed E-state index contributed by atoms with van der Waals surface area (Å²) in [6.45, 7) is 0.350. The molecule has 0 aliphatic heterocycles. The molecule has 134 valence electrons. The molecule has 8 heteroatoms. The van der Waals surface area contributed by atoms with Crippen molar-refractivity contribution in [2.24, 2.45) is 0 Å². The molecule has 4 aromatic heterocycles. The van der Waals surface area contributed by atoms with Crippen molar-refractivity contribution < 1.29 is 13.6 Å². The van der Waals surface area contributed by atoms with E-state index >= 15 is 0 Å². The van der Waals surface area contributed by atoms with Gasteiger partial charge in [0.15, 0.2) is 11.4 Å². The van der Waals surface area contributed by atoms with Gasteiger partial charge in [0, 0.05) is 17.9 Å². The van der Waals surface area contributed by atoms with Gasteiger partial charge in [-0.2, -0.15) is 0 Å². The number of para-hydroxylation sites is 1. The van der Waals surface area contributed by atoms with Crippen LogP contribution >= 0.6 is 0 Å². The molecule has 0 amide bonds. The number of aromatic amines is 1. The molecule has 0 saturated carbocycles. The zero-order chi connectivity index (χ0) is 18.2. The Morgan fingerprint density at radius 3 is 2.96 bits per heavy atom. The van der Waals surface area contributed by atoms with E-state index in [0.29, 0.717) is 36.0 Å². The van der Waals surface area contributed by atoms with Crippen LogP contribution in [0.15, 0.2) is 68.6 Å². The minimum atomic E-state index is -0.474. The van der Waals surface area contributed by atoms with Crippen LogP contribution in [0.2, 0.25) is 0 Å². The highest BCUT2D eigenvalue weighted by atomic mass is 16.5. The third-order valence-corrected chi connectivity index (χ3v) is 4.21. The predicted octanol–water partition coefficient (Wildman–Crippen LogP) is 3.05. The van der Waals surface area contributed by atoms with Crippen molar-refractivity contribution in [1.82, 2.24) is 19.6 Å². The average Bonchev–Trinajstić information content (AvgIpc) is 3.38. The molecule has 0 bridgehead atoms. The SMILES string of the molecule is O=c1[nH]c(CCOc2ccc3ncc(-c4cc5ccccc5o4)n3n2)co1. The maximum Gasteiger partial charge on any atom is 0.416 e. The molecule has 1 aromatic carbocycles. The highest BCUT2D eigenvalue weighted by molar-refractivity contribution is 5.82. The van der Waals surface area contributed by atoms with E-state index in [0.717, 1.165) is 16.7 Å². The van der Waals surface area contributed by atoms with Crippen LogP contribution in [-0.2, 0) is 6.42 Å². The van der Waals surface area contributed by atoms with E-state index in [1.807, 2.05) is 36.4 Å². The molecular formula is C19H14N4O4. The van der Waals surface area contributed by atoms with E-state index < -0.39 is 5.76 Å². The highest BCUT2D eigenvalue weighted by Gasteiger charge is 2.13. The molecule has 1 N–H and O–H groups in total. The lowest BCUT2D eigenvalue weighted by Gasteiger charge is -2.05. The predicted molar refractivity (Wildman–Crippen MR) is 96.7 cm³/mol. The Labute approximate surface area is 152 Å². The number of hydrogen-bond donors (Lipinski definition) is 1. The number of H-pyrrole nitrogens is 1. The first-order valence-electron chi connectivity index (χ1n) is 8.39. The maximum atomic E-state index is 11.0. The fourth-order valence-electron chi connectivity index (χ4n) is 2.91. The van der Waals surface area contributed by atoms with Crippen LogP contribution in [0.4, 0.5) is 0 Å². The number of rotatable bonds is 5. The zero-order valence-electron chi connectivity index (χ0n) is 14.1. The number of furan rings is 1. The van der Waals surface area contributed by atoms with E-state index in [1.165, 1.54) is 6.26 Å². The smallest absolute Gasteiger partial charge is 0.416 e. The highest BCUT2D eigenvalue weighted by Crippen LogP contribution is 2.28. The summed E-state index contributed by atoms with van der Waals surface area (Å²) in [7, 11) is 0. The van der Waals surface area contributed by atoms with Crippen molar-refractivity contribution in [3.63, 3.8) is 0 Å². The molecule has 0 atom stereocenters. The second-order valence-corrected chi connectivity index (χ2v) is 6.01. The molecular weight excluding hydrogens is 348 g/mol. The van der Waals surface area contributed by atoms with Crippen molar-refractivity contribution in [1.29, 1.82) is 0 Å². The van der Waals surface area contributed by atoms with Gasteiger partial charge in [-0.05, 0) is 18.2 Å². The third kappa shape index (κ3) is 2.86. The fourth-order valence-corrected chi connectivity index (χ4v) is 2.91. The Morgan fingerprint density at radius 2 is 2.11 bits per heavy atom. The monoisotopic (exact) mass is 362 g/mol. The summed E-state index contributed by atoms with van der Waals surface area (Å²) in [5.41, 5.74) is 2.92. The van der Waals surface area contributed by atoms with E-state index in [9.17, 15) is 4.79 Å². The summed E-state index contributed by atoms with van der Waals surface area (Å²) in [6.07, 6.45) is 3.61. The summed E-state index contributed by atoms with van der Waals surface area (Å²) >= 11 is 0. The molecule has 5 aromatic rings. The standard InChI is InChI=1S/C19H14N4O4/c24-19-21-13(11-26-19)7-8-25-18-6-5-17-20-10-14(23(17)22-18)16-9-12-3-1-2-4-15(12)27-16/h1-6,9-11H,7-8H2,(H,21,24). The van der Waals surface area contributed by atoms with Crippen LogP contribution in [0.3, 0.4) is 0 Å². The molecule has 0 fully saturated rings. The topological polar surface area (TPSA) is 98.6 Å². The first-order valence-corrected chi connectivity index (χ1v) is 8.39. The van der Waals surface area contributed by atoms with Crippen molar-refractivity contribution in [3.8, 4) is 17.3 Å². The largest absolute Gasteiger partial charge is 0.476 e. The second-order valence-electron chi connectivity index (χ2n) is 6.01. The van der Waals surface area contributed by atoms with Crippen LogP contribution < -0.4 is 10.5 Å². The first-order chi connectivity index (χ1) is 13.3. The summed E-state index contributed by atoms with van der Waals surface area (Å²) in [4.78, 5) is 17.9.